The number of benzene rings is 1. The number of hydrogen-bond donors (Lipinski definition) is 1. The Hall–Kier alpha value is -2.37. The van der Waals surface area contributed by atoms with Crippen LogP contribution in [-0.4, -0.2) is 47.4 Å². The van der Waals surface area contributed by atoms with Gasteiger partial charge < -0.3 is 14.9 Å². The van der Waals surface area contributed by atoms with Gasteiger partial charge in [0, 0.05) is 38.2 Å². The van der Waals surface area contributed by atoms with Crippen molar-refractivity contribution in [2.75, 3.05) is 24.5 Å². The maximum absolute atomic E-state index is 12.5. The van der Waals surface area contributed by atoms with Crippen molar-refractivity contribution in [1.29, 1.82) is 0 Å². The zero-order chi connectivity index (χ0) is 18.0. The molecule has 2 aliphatic heterocycles. The third kappa shape index (κ3) is 3.67. The average Bonchev–Trinajstić information content (AvgIpc) is 2.60. The maximum atomic E-state index is 12.5. The molecule has 6 nitrogen and oxygen atoms in total. The number of fused-ring (bicyclic) bond motifs is 1. The standard InChI is InChI=1S/C19H24N2O4/c1-13-12-20(10-8-15(13)19(24)25)17(22)9-11-21-16-5-3-2-4-14(16)6-7-18(21)23/h2-5,13,15H,6-12H2,1H3,(H,24,25). The van der Waals surface area contributed by atoms with Gasteiger partial charge in [0.2, 0.25) is 11.8 Å². The van der Waals surface area contributed by atoms with Crippen LogP contribution in [0, 0.1) is 11.8 Å². The molecule has 2 amide bonds. The molecule has 1 aromatic carbocycles. The first-order chi connectivity index (χ1) is 12.0. The van der Waals surface area contributed by atoms with Gasteiger partial charge in [0.15, 0.2) is 0 Å². The number of carbonyl (C=O) groups excluding carboxylic acids is 2. The normalized spacial score (nSPS) is 23.3. The van der Waals surface area contributed by atoms with Crippen LogP contribution in [0.15, 0.2) is 24.3 Å². The van der Waals surface area contributed by atoms with Crippen molar-refractivity contribution in [3.05, 3.63) is 29.8 Å². The highest BCUT2D eigenvalue weighted by atomic mass is 16.4. The van der Waals surface area contributed by atoms with Crippen LogP contribution in [-0.2, 0) is 20.8 Å². The number of nitrogens with zero attached hydrogens (tertiary/aromatic N) is 2. The van der Waals surface area contributed by atoms with E-state index in [2.05, 4.69) is 0 Å². The van der Waals surface area contributed by atoms with E-state index >= 15 is 0 Å². The Labute approximate surface area is 147 Å². The number of carboxylic acid groups (broad SMARTS) is 1. The molecule has 0 aromatic heterocycles. The molecule has 0 radical (unpaired) electrons. The smallest absolute Gasteiger partial charge is 0.306 e. The minimum Gasteiger partial charge on any atom is -0.481 e. The molecule has 2 unspecified atom stereocenters. The van der Waals surface area contributed by atoms with Gasteiger partial charge in [0.1, 0.15) is 0 Å². The number of rotatable bonds is 4. The van der Waals surface area contributed by atoms with E-state index < -0.39 is 5.97 Å². The van der Waals surface area contributed by atoms with Crippen LogP contribution in [0.3, 0.4) is 0 Å². The predicted molar refractivity (Wildman–Crippen MR) is 93.2 cm³/mol. The fraction of sp³-hybridized carbons (Fsp3) is 0.526. The molecule has 2 aliphatic rings. The Balaban J connectivity index is 1.60. The highest BCUT2D eigenvalue weighted by Crippen LogP contribution is 2.28. The van der Waals surface area contributed by atoms with Gasteiger partial charge in [-0.3, -0.25) is 14.4 Å². The Bertz CT molecular complexity index is 688. The number of hydrogen-bond acceptors (Lipinski definition) is 3. The molecule has 1 fully saturated rings. The first-order valence-corrected chi connectivity index (χ1v) is 8.86. The first kappa shape index (κ1) is 17.5. The fourth-order valence-corrected chi connectivity index (χ4v) is 3.85. The summed E-state index contributed by atoms with van der Waals surface area (Å²) in [6, 6.07) is 7.82. The third-order valence-corrected chi connectivity index (χ3v) is 5.32. The van der Waals surface area contributed by atoms with Crippen LogP contribution < -0.4 is 4.90 Å². The van der Waals surface area contributed by atoms with E-state index in [0.717, 1.165) is 17.7 Å². The lowest BCUT2D eigenvalue weighted by atomic mass is 9.87. The van der Waals surface area contributed by atoms with Gasteiger partial charge in [-0.25, -0.2) is 0 Å². The minimum absolute atomic E-state index is 0.00783. The Morgan fingerprint density at radius 2 is 2.00 bits per heavy atom. The van der Waals surface area contributed by atoms with Crippen LogP contribution >= 0.6 is 0 Å². The highest BCUT2D eigenvalue weighted by Gasteiger charge is 2.33. The summed E-state index contributed by atoms with van der Waals surface area (Å²) in [5.41, 5.74) is 2.05. The lowest BCUT2D eigenvalue weighted by Crippen LogP contribution is -2.46. The van der Waals surface area contributed by atoms with E-state index in [0.29, 0.717) is 32.5 Å². The summed E-state index contributed by atoms with van der Waals surface area (Å²) in [7, 11) is 0. The maximum Gasteiger partial charge on any atom is 0.306 e. The molecule has 25 heavy (non-hydrogen) atoms. The number of aliphatic carboxylic acids is 1. The van der Waals surface area contributed by atoms with Gasteiger partial charge in [0.05, 0.1) is 5.92 Å². The lowest BCUT2D eigenvalue weighted by molar-refractivity contribution is -0.148. The van der Waals surface area contributed by atoms with E-state index in [1.807, 2.05) is 31.2 Å². The number of para-hydroxylation sites is 1. The van der Waals surface area contributed by atoms with E-state index in [1.165, 1.54) is 0 Å². The third-order valence-electron chi connectivity index (χ3n) is 5.32. The predicted octanol–water partition coefficient (Wildman–Crippen LogP) is 1.93. The largest absolute Gasteiger partial charge is 0.481 e. The van der Waals surface area contributed by atoms with Crippen LogP contribution in [0.25, 0.3) is 0 Å². The van der Waals surface area contributed by atoms with E-state index in [9.17, 15) is 19.5 Å². The van der Waals surface area contributed by atoms with Crippen molar-refractivity contribution < 1.29 is 19.5 Å². The van der Waals surface area contributed by atoms with Crippen molar-refractivity contribution in [3.63, 3.8) is 0 Å². The quantitative estimate of drug-likeness (QED) is 0.905. The minimum atomic E-state index is -0.782. The summed E-state index contributed by atoms with van der Waals surface area (Å²) >= 11 is 0. The van der Waals surface area contributed by atoms with Crippen molar-refractivity contribution in [1.82, 2.24) is 4.90 Å². The van der Waals surface area contributed by atoms with Crippen molar-refractivity contribution in [3.8, 4) is 0 Å². The number of carbonyl (C=O) groups is 3. The van der Waals surface area contributed by atoms with Crippen LogP contribution in [0.4, 0.5) is 5.69 Å². The number of anilines is 1. The number of aryl methyl sites for hydroxylation is 1. The van der Waals surface area contributed by atoms with Crippen molar-refractivity contribution in [2.24, 2.45) is 11.8 Å². The lowest BCUT2D eigenvalue weighted by Gasteiger charge is -2.36. The summed E-state index contributed by atoms with van der Waals surface area (Å²) in [6.07, 6.45) is 1.99. The highest BCUT2D eigenvalue weighted by molar-refractivity contribution is 5.97. The fourth-order valence-electron chi connectivity index (χ4n) is 3.85. The molecular weight excluding hydrogens is 320 g/mol. The molecule has 3 rings (SSSR count). The molecule has 0 bridgehead atoms. The van der Waals surface area contributed by atoms with Gasteiger partial charge in [-0.1, -0.05) is 25.1 Å². The number of carboxylic acids is 1. The summed E-state index contributed by atoms with van der Waals surface area (Å²) in [5.74, 6) is -1.15. The monoisotopic (exact) mass is 344 g/mol. The van der Waals surface area contributed by atoms with Gasteiger partial charge in [-0.05, 0) is 30.4 Å². The molecular formula is C19H24N2O4. The van der Waals surface area contributed by atoms with Crippen molar-refractivity contribution >= 4 is 23.5 Å². The molecule has 2 atom stereocenters. The van der Waals surface area contributed by atoms with Gasteiger partial charge in [-0.2, -0.15) is 0 Å². The Morgan fingerprint density at radius 3 is 2.72 bits per heavy atom. The van der Waals surface area contributed by atoms with Crippen LogP contribution in [0.1, 0.15) is 31.7 Å². The van der Waals surface area contributed by atoms with Crippen LogP contribution in [0.2, 0.25) is 0 Å². The second-order valence-electron chi connectivity index (χ2n) is 6.97. The number of piperidine rings is 1. The van der Waals surface area contributed by atoms with Gasteiger partial charge >= 0.3 is 5.97 Å². The van der Waals surface area contributed by atoms with Gasteiger partial charge in [-0.15, -0.1) is 0 Å². The Kier molecular flexibility index (Phi) is 5.06. The SMILES string of the molecule is CC1CN(C(=O)CCN2C(=O)CCc3ccccc32)CCC1C(=O)O. The second-order valence-corrected chi connectivity index (χ2v) is 6.97. The van der Waals surface area contributed by atoms with Crippen molar-refractivity contribution in [2.45, 2.75) is 32.6 Å². The van der Waals surface area contributed by atoms with E-state index in [1.54, 1.807) is 9.80 Å². The molecule has 134 valence electrons. The van der Waals surface area contributed by atoms with E-state index in [-0.39, 0.29) is 30.1 Å². The molecule has 0 saturated carbocycles. The second kappa shape index (κ2) is 7.25. The molecule has 1 aromatic rings. The van der Waals surface area contributed by atoms with E-state index in [4.69, 9.17) is 0 Å². The molecule has 2 heterocycles. The molecule has 0 aliphatic carbocycles. The number of amides is 2. The van der Waals surface area contributed by atoms with Crippen LogP contribution in [0.5, 0.6) is 0 Å². The average molecular weight is 344 g/mol. The first-order valence-electron chi connectivity index (χ1n) is 8.86. The Morgan fingerprint density at radius 1 is 1.24 bits per heavy atom. The number of likely N-dealkylation sites (tertiary alicyclic amines) is 1. The summed E-state index contributed by atoms with van der Waals surface area (Å²) in [6.45, 7) is 3.20. The topological polar surface area (TPSA) is 77.9 Å². The summed E-state index contributed by atoms with van der Waals surface area (Å²) in [5, 5.41) is 9.18. The zero-order valence-corrected chi connectivity index (χ0v) is 14.5. The van der Waals surface area contributed by atoms with Gasteiger partial charge in [0.25, 0.3) is 0 Å². The summed E-state index contributed by atoms with van der Waals surface area (Å²) in [4.78, 5) is 39.4. The molecule has 1 saturated heterocycles. The molecule has 1 N–H and O–H groups in total. The molecule has 0 spiro atoms. The zero-order valence-electron chi connectivity index (χ0n) is 14.5. The summed E-state index contributed by atoms with van der Waals surface area (Å²) < 4.78 is 0. The molecule has 6 heteroatoms.